The van der Waals surface area contributed by atoms with E-state index in [1.807, 2.05) is 42.5 Å². The van der Waals surface area contributed by atoms with E-state index < -0.39 is 5.97 Å². The van der Waals surface area contributed by atoms with Crippen LogP contribution in [0.2, 0.25) is 0 Å². The second kappa shape index (κ2) is 9.09. The van der Waals surface area contributed by atoms with Gasteiger partial charge in [-0.15, -0.1) is 0 Å². The van der Waals surface area contributed by atoms with Crippen molar-refractivity contribution >= 4 is 17.9 Å². The van der Waals surface area contributed by atoms with Gasteiger partial charge in [0.25, 0.3) is 0 Å². The van der Waals surface area contributed by atoms with Crippen molar-refractivity contribution < 1.29 is 19.2 Å². The summed E-state index contributed by atoms with van der Waals surface area (Å²) in [5, 5.41) is 7.69. The molecule has 0 amide bonds. The Balaban J connectivity index is 2.12. The zero-order valence-corrected chi connectivity index (χ0v) is 13.5. The molecule has 0 radical (unpaired) electrons. The molecular formula is C18H18N2O4. The molecule has 0 spiro atoms. The number of rotatable bonds is 7. The number of oxime groups is 2. The van der Waals surface area contributed by atoms with Gasteiger partial charge < -0.3 is 14.4 Å². The van der Waals surface area contributed by atoms with E-state index in [4.69, 9.17) is 14.4 Å². The van der Waals surface area contributed by atoms with Crippen LogP contribution in [0.25, 0.3) is 0 Å². The van der Waals surface area contributed by atoms with Gasteiger partial charge in [0.05, 0.1) is 13.3 Å². The number of carbonyl (C=O) groups excluding carboxylic acids is 1. The zero-order chi connectivity index (χ0) is 17.2. The maximum Gasteiger partial charge on any atom is 0.360 e. The van der Waals surface area contributed by atoms with Crippen LogP contribution >= 0.6 is 0 Å². The molecule has 0 saturated heterocycles. The standard InChI is InChI=1S/C18H18N2O4/c1-22-18(21)17(20-23-2)16-11-7-6-10-15(16)13-24-19-12-14-8-4-3-5-9-14/h3-12H,13H2,1-2H3. The first-order chi connectivity index (χ1) is 11.8. The highest BCUT2D eigenvalue weighted by molar-refractivity contribution is 6.43. The summed E-state index contributed by atoms with van der Waals surface area (Å²) in [6, 6.07) is 16.8. The van der Waals surface area contributed by atoms with Gasteiger partial charge in [-0.3, -0.25) is 0 Å². The Kier molecular flexibility index (Phi) is 6.52. The Morgan fingerprint density at radius 3 is 2.46 bits per heavy atom. The summed E-state index contributed by atoms with van der Waals surface area (Å²) < 4.78 is 4.74. The first-order valence-corrected chi connectivity index (χ1v) is 7.24. The third-order valence-electron chi connectivity index (χ3n) is 3.13. The lowest BCUT2D eigenvalue weighted by Gasteiger charge is -2.09. The predicted octanol–water partition coefficient (Wildman–Crippen LogP) is 2.76. The first kappa shape index (κ1) is 17.2. The maximum atomic E-state index is 11.9. The fourth-order valence-corrected chi connectivity index (χ4v) is 2.01. The molecule has 124 valence electrons. The van der Waals surface area contributed by atoms with Gasteiger partial charge in [0.1, 0.15) is 13.7 Å². The molecule has 24 heavy (non-hydrogen) atoms. The SMILES string of the molecule is CON=C(C(=O)OC)c1ccccc1CON=Cc1ccccc1. The Morgan fingerprint density at radius 1 is 1.04 bits per heavy atom. The minimum Gasteiger partial charge on any atom is -0.464 e. The number of ether oxygens (including phenoxy) is 1. The molecule has 0 heterocycles. The van der Waals surface area contributed by atoms with E-state index in [1.165, 1.54) is 14.2 Å². The third-order valence-corrected chi connectivity index (χ3v) is 3.13. The molecule has 0 unspecified atom stereocenters. The van der Waals surface area contributed by atoms with Crippen LogP contribution in [0.15, 0.2) is 64.9 Å². The van der Waals surface area contributed by atoms with Crippen molar-refractivity contribution in [1.82, 2.24) is 0 Å². The van der Waals surface area contributed by atoms with Crippen molar-refractivity contribution in [2.45, 2.75) is 6.61 Å². The Hall–Kier alpha value is -3.15. The number of hydrogen-bond acceptors (Lipinski definition) is 6. The molecule has 2 rings (SSSR count). The van der Waals surface area contributed by atoms with Crippen LogP contribution in [0.1, 0.15) is 16.7 Å². The minimum absolute atomic E-state index is 0.0752. The van der Waals surface area contributed by atoms with Crippen LogP contribution in [0.4, 0.5) is 0 Å². The molecule has 0 saturated carbocycles. The average molecular weight is 326 g/mol. The lowest BCUT2D eigenvalue weighted by Crippen LogP contribution is -2.19. The van der Waals surface area contributed by atoms with Crippen LogP contribution in [0.5, 0.6) is 0 Å². The van der Waals surface area contributed by atoms with E-state index in [-0.39, 0.29) is 12.3 Å². The van der Waals surface area contributed by atoms with Crippen LogP contribution in [0.3, 0.4) is 0 Å². The highest BCUT2D eigenvalue weighted by Gasteiger charge is 2.19. The normalized spacial score (nSPS) is 11.3. The molecule has 0 aliphatic heterocycles. The molecule has 0 atom stereocenters. The van der Waals surface area contributed by atoms with E-state index in [2.05, 4.69) is 10.3 Å². The Bertz CT molecular complexity index is 727. The van der Waals surface area contributed by atoms with Crippen molar-refractivity contribution in [3.05, 3.63) is 71.3 Å². The number of benzene rings is 2. The molecule has 2 aromatic rings. The Labute approximate surface area is 140 Å². The quantitative estimate of drug-likeness (QED) is 0.446. The summed E-state index contributed by atoms with van der Waals surface area (Å²) in [5.41, 5.74) is 2.32. The van der Waals surface area contributed by atoms with E-state index >= 15 is 0 Å². The van der Waals surface area contributed by atoms with Gasteiger partial charge in [0, 0.05) is 11.1 Å². The maximum absolute atomic E-state index is 11.9. The topological polar surface area (TPSA) is 69.5 Å². The van der Waals surface area contributed by atoms with Gasteiger partial charge in [0.2, 0.25) is 0 Å². The molecule has 2 aromatic carbocycles. The third kappa shape index (κ3) is 4.67. The smallest absolute Gasteiger partial charge is 0.360 e. The van der Waals surface area contributed by atoms with E-state index in [9.17, 15) is 4.79 Å². The molecule has 6 heteroatoms. The van der Waals surface area contributed by atoms with Crippen LogP contribution in [0, 0.1) is 0 Å². The molecular weight excluding hydrogens is 308 g/mol. The van der Waals surface area contributed by atoms with Gasteiger partial charge in [0.15, 0.2) is 5.71 Å². The predicted molar refractivity (Wildman–Crippen MR) is 90.8 cm³/mol. The minimum atomic E-state index is -0.586. The molecule has 0 fully saturated rings. The van der Waals surface area contributed by atoms with Crippen molar-refractivity contribution in [1.29, 1.82) is 0 Å². The first-order valence-electron chi connectivity index (χ1n) is 7.24. The zero-order valence-electron chi connectivity index (χ0n) is 13.5. The summed E-state index contributed by atoms with van der Waals surface area (Å²) >= 11 is 0. The van der Waals surface area contributed by atoms with Gasteiger partial charge in [-0.25, -0.2) is 4.79 Å². The van der Waals surface area contributed by atoms with E-state index in [0.29, 0.717) is 5.56 Å². The lowest BCUT2D eigenvalue weighted by atomic mass is 10.0. The Morgan fingerprint density at radius 2 is 1.75 bits per heavy atom. The molecule has 0 aliphatic carbocycles. The molecule has 0 aliphatic rings. The highest BCUT2D eigenvalue weighted by atomic mass is 16.6. The summed E-state index contributed by atoms with van der Waals surface area (Å²) in [5.74, 6) is -0.586. The van der Waals surface area contributed by atoms with Crippen LogP contribution < -0.4 is 0 Å². The summed E-state index contributed by atoms with van der Waals surface area (Å²) in [4.78, 5) is 21.9. The second-order valence-corrected chi connectivity index (χ2v) is 4.69. The number of carbonyl (C=O) groups is 1. The number of nitrogens with zero attached hydrogens (tertiary/aromatic N) is 2. The van der Waals surface area contributed by atoms with Crippen molar-refractivity contribution in [2.24, 2.45) is 10.3 Å². The van der Waals surface area contributed by atoms with Crippen LogP contribution in [-0.4, -0.2) is 32.1 Å². The second-order valence-electron chi connectivity index (χ2n) is 4.69. The van der Waals surface area contributed by atoms with Crippen molar-refractivity contribution in [2.75, 3.05) is 14.2 Å². The number of hydrogen-bond donors (Lipinski definition) is 0. The molecule has 0 aromatic heterocycles. The fourth-order valence-electron chi connectivity index (χ4n) is 2.01. The lowest BCUT2D eigenvalue weighted by molar-refractivity contribution is -0.132. The monoisotopic (exact) mass is 326 g/mol. The highest BCUT2D eigenvalue weighted by Crippen LogP contribution is 2.13. The van der Waals surface area contributed by atoms with Gasteiger partial charge in [-0.05, 0) is 5.56 Å². The number of esters is 1. The van der Waals surface area contributed by atoms with Crippen molar-refractivity contribution in [3.63, 3.8) is 0 Å². The van der Waals surface area contributed by atoms with Crippen molar-refractivity contribution in [3.8, 4) is 0 Å². The summed E-state index contributed by atoms with van der Waals surface area (Å²) in [6.45, 7) is 0.180. The molecule has 6 nitrogen and oxygen atoms in total. The molecule has 0 bridgehead atoms. The van der Waals surface area contributed by atoms with Crippen LogP contribution in [-0.2, 0) is 25.8 Å². The van der Waals surface area contributed by atoms with E-state index in [1.54, 1.807) is 18.3 Å². The average Bonchev–Trinajstić information content (AvgIpc) is 2.64. The van der Waals surface area contributed by atoms with E-state index in [0.717, 1.165) is 11.1 Å². The fraction of sp³-hybridized carbons (Fsp3) is 0.167. The molecule has 0 N–H and O–H groups in total. The largest absolute Gasteiger partial charge is 0.464 e. The summed E-state index contributed by atoms with van der Waals surface area (Å²) in [6.07, 6.45) is 1.62. The summed E-state index contributed by atoms with van der Waals surface area (Å²) in [7, 11) is 2.66. The van der Waals surface area contributed by atoms with Gasteiger partial charge >= 0.3 is 5.97 Å². The van der Waals surface area contributed by atoms with Gasteiger partial charge in [-0.1, -0.05) is 64.9 Å². The van der Waals surface area contributed by atoms with Gasteiger partial charge in [-0.2, -0.15) is 0 Å². The number of methoxy groups -OCH3 is 1.